The van der Waals surface area contributed by atoms with Gasteiger partial charge in [-0.1, -0.05) is 35.9 Å². The normalized spacial score (nSPS) is 11.7. The predicted molar refractivity (Wildman–Crippen MR) is 112 cm³/mol. The van der Waals surface area contributed by atoms with Crippen LogP contribution in [0.15, 0.2) is 47.3 Å². The van der Waals surface area contributed by atoms with E-state index in [9.17, 15) is 10.1 Å². The van der Waals surface area contributed by atoms with Crippen molar-refractivity contribution >= 4 is 45.1 Å². The average molecular weight is 387 g/mol. The second-order valence-electron chi connectivity index (χ2n) is 6.55. The van der Waals surface area contributed by atoms with E-state index in [2.05, 4.69) is 21.0 Å². The molecule has 136 valence electrons. The first-order valence-corrected chi connectivity index (χ1v) is 9.03. The molecular formula is C22H15ClN4O. The summed E-state index contributed by atoms with van der Waals surface area (Å²) in [5.41, 5.74) is 4.05. The highest BCUT2D eigenvalue weighted by molar-refractivity contribution is 6.31. The molecule has 0 bridgehead atoms. The summed E-state index contributed by atoms with van der Waals surface area (Å²) in [6, 6.07) is 15.0. The van der Waals surface area contributed by atoms with Crippen molar-refractivity contribution in [1.82, 2.24) is 15.0 Å². The van der Waals surface area contributed by atoms with Crippen LogP contribution in [0.25, 0.3) is 33.5 Å². The van der Waals surface area contributed by atoms with Gasteiger partial charge in [0.25, 0.3) is 5.56 Å². The van der Waals surface area contributed by atoms with Crippen LogP contribution in [-0.2, 0) is 0 Å². The number of rotatable bonds is 2. The van der Waals surface area contributed by atoms with Crippen molar-refractivity contribution in [3.63, 3.8) is 0 Å². The molecule has 0 spiro atoms. The van der Waals surface area contributed by atoms with E-state index in [4.69, 9.17) is 11.6 Å². The minimum absolute atomic E-state index is 0.197. The summed E-state index contributed by atoms with van der Waals surface area (Å²) in [5.74, 6) is 0.197. The fourth-order valence-corrected chi connectivity index (χ4v) is 3.29. The third kappa shape index (κ3) is 3.04. The first-order chi connectivity index (χ1) is 13.5. The molecule has 2 aromatic heterocycles. The van der Waals surface area contributed by atoms with Gasteiger partial charge in [0.1, 0.15) is 11.2 Å². The summed E-state index contributed by atoms with van der Waals surface area (Å²) >= 11 is 6.38. The van der Waals surface area contributed by atoms with E-state index in [-0.39, 0.29) is 22.1 Å². The van der Waals surface area contributed by atoms with Crippen molar-refractivity contribution in [2.24, 2.45) is 0 Å². The maximum absolute atomic E-state index is 12.3. The molecule has 2 aromatic carbocycles. The van der Waals surface area contributed by atoms with E-state index in [0.717, 1.165) is 22.0 Å². The van der Waals surface area contributed by atoms with Crippen LogP contribution in [0.1, 0.15) is 22.5 Å². The monoisotopic (exact) mass is 386 g/mol. The Morgan fingerprint density at radius 2 is 1.96 bits per heavy atom. The zero-order chi connectivity index (χ0) is 19.8. The summed E-state index contributed by atoms with van der Waals surface area (Å²) in [6.07, 6.45) is 1.59. The van der Waals surface area contributed by atoms with Crippen molar-refractivity contribution in [2.45, 2.75) is 13.8 Å². The topological polar surface area (TPSA) is 82.4 Å². The summed E-state index contributed by atoms with van der Waals surface area (Å²) in [6.45, 7) is 4.02. The summed E-state index contributed by atoms with van der Waals surface area (Å²) in [7, 11) is 0. The number of nitriles is 1. The average Bonchev–Trinajstić information content (AvgIpc) is 2.70. The van der Waals surface area contributed by atoms with E-state index >= 15 is 0 Å². The molecule has 1 N–H and O–H groups in total. The van der Waals surface area contributed by atoms with Crippen molar-refractivity contribution in [3.05, 3.63) is 80.5 Å². The number of nitrogens with zero attached hydrogens (tertiary/aromatic N) is 3. The number of nitrogens with one attached hydrogen (secondary N) is 1. The molecular weight excluding hydrogens is 372 g/mol. The molecule has 0 fully saturated rings. The lowest BCUT2D eigenvalue weighted by atomic mass is 10.0. The molecule has 6 heteroatoms. The molecule has 0 aliphatic rings. The minimum atomic E-state index is -0.296. The van der Waals surface area contributed by atoms with Crippen LogP contribution in [0, 0.1) is 25.2 Å². The number of aromatic amines is 1. The fourth-order valence-electron chi connectivity index (χ4n) is 3.10. The third-order valence-corrected chi connectivity index (χ3v) is 5.08. The van der Waals surface area contributed by atoms with Crippen molar-refractivity contribution < 1.29 is 0 Å². The van der Waals surface area contributed by atoms with Gasteiger partial charge < -0.3 is 4.98 Å². The predicted octanol–water partition coefficient (Wildman–Crippen LogP) is 4.81. The molecule has 4 rings (SSSR count). The molecule has 0 aliphatic heterocycles. The van der Waals surface area contributed by atoms with E-state index in [1.807, 2.05) is 32.0 Å². The molecule has 0 aliphatic carbocycles. The van der Waals surface area contributed by atoms with Gasteiger partial charge in [-0.05, 0) is 49.2 Å². The molecule has 5 nitrogen and oxygen atoms in total. The summed E-state index contributed by atoms with van der Waals surface area (Å²) in [4.78, 5) is 23.9. The van der Waals surface area contributed by atoms with Crippen LogP contribution in [0.2, 0.25) is 5.15 Å². The zero-order valence-electron chi connectivity index (χ0n) is 15.2. The number of pyridine rings is 1. The maximum atomic E-state index is 12.3. The van der Waals surface area contributed by atoms with Gasteiger partial charge in [-0.3, -0.25) is 4.79 Å². The molecule has 0 saturated carbocycles. The van der Waals surface area contributed by atoms with Crippen LogP contribution >= 0.6 is 11.6 Å². The highest BCUT2D eigenvalue weighted by Crippen LogP contribution is 2.27. The molecule has 0 saturated heterocycles. The number of benzene rings is 2. The number of hydrogen-bond acceptors (Lipinski definition) is 4. The lowest BCUT2D eigenvalue weighted by Gasteiger charge is -2.08. The molecule has 2 heterocycles. The smallest absolute Gasteiger partial charge is 0.259 e. The Morgan fingerprint density at radius 1 is 1.18 bits per heavy atom. The zero-order valence-corrected chi connectivity index (χ0v) is 16.0. The van der Waals surface area contributed by atoms with Gasteiger partial charge in [-0.25, -0.2) is 9.97 Å². The van der Waals surface area contributed by atoms with Crippen molar-refractivity contribution in [3.8, 4) is 6.07 Å². The van der Waals surface area contributed by atoms with E-state index in [1.54, 1.807) is 30.3 Å². The third-order valence-electron chi connectivity index (χ3n) is 4.78. The number of hydrogen-bond donors (Lipinski definition) is 1. The number of fused-ring (bicyclic) bond motifs is 2. The maximum Gasteiger partial charge on any atom is 0.259 e. The summed E-state index contributed by atoms with van der Waals surface area (Å²) in [5, 5.41) is 11.3. The first-order valence-electron chi connectivity index (χ1n) is 8.65. The molecule has 0 radical (unpaired) electrons. The number of halogens is 1. The highest BCUT2D eigenvalue weighted by atomic mass is 35.5. The highest BCUT2D eigenvalue weighted by Gasteiger charge is 2.11. The Balaban J connectivity index is 1.90. The lowest BCUT2D eigenvalue weighted by molar-refractivity contribution is 1.13. The lowest BCUT2D eigenvalue weighted by Crippen LogP contribution is -2.11. The largest absolute Gasteiger partial charge is 0.305 e. The second kappa shape index (κ2) is 6.91. The van der Waals surface area contributed by atoms with Gasteiger partial charge in [0.05, 0.1) is 22.0 Å². The fraction of sp³-hybridized carbons (Fsp3) is 0.0909. The minimum Gasteiger partial charge on any atom is -0.305 e. The first kappa shape index (κ1) is 17.9. The Labute approximate surface area is 166 Å². The molecule has 28 heavy (non-hydrogen) atoms. The molecule has 0 atom stereocenters. The molecule has 0 amide bonds. The Morgan fingerprint density at radius 3 is 2.75 bits per heavy atom. The van der Waals surface area contributed by atoms with E-state index < -0.39 is 0 Å². The second-order valence-corrected chi connectivity index (χ2v) is 6.91. The van der Waals surface area contributed by atoms with Crippen LogP contribution < -0.4 is 5.56 Å². The Kier molecular flexibility index (Phi) is 4.42. The number of para-hydroxylation sites is 1. The van der Waals surface area contributed by atoms with Gasteiger partial charge in [0.15, 0.2) is 5.82 Å². The van der Waals surface area contributed by atoms with Crippen molar-refractivity contribution in [2.75, 3.05) is 0 Å². The van der Waals surface area contributed by atoms with Gasteiger partial charge >= 0.3 is 0 Å². The number of H-pyrrole nitrogens is 1. The quantitative estimate of drug-likeness (QED) is 0.396. The standard InChI is InChI=1S/C22H15ClN4O/c1-12-7-8-14-9-15(20(23)26-19(14)13(12)2)10-16(11-24)21-25-18-6-4-3-5-17(18)22(28)27-21/h3-10H,1-2H3,(H,25,27,28)/b16-10+. The van der Waals surface area contributed by atoms with Gasteiger partial charge in [0.2, 0.25) is 0 Å². The van der Waals surface area contributed by atoms with E-state index in [0.29, 0.717) is 16.5 Å². The number of allylic oxidation sites excluding steroid dienone is 1. The van der Waals surface area contributed by atoms with Crippen molar-refractivity contribution in [1.29, 1.82) is 5.26 Å². The summed E-state index contributed by atoms with van der Waals surface area (Å²) < 4.78 is 0. The molecule has 4 aromatic rings. The number of aryl methyl sites for hydroxylation is 2. The van der Waals surface area contributed by atoms with Gasteiger partial charge in [-0.2, -0.15) is 5.26 Å². The van der Waals surface area contributed by atoms with Crippen LogP contribution in [0.4, 0.5) is 0 Å². The SMILES string of the molecule is Cc1ccc2cc(/C=C(\C#N)c3nc4ccccc4c(=O)[nH]3)c(Cl)nc2c1C. The number of aromatic nitrogens is 3. The van der Waals surface area contributed by atoms with Gasteiger partial charge in [-0.15, -0.1) is 0 Å². The molecule has 0 unspecified atom stereocenters. The van der Waals surface area contributed by atoms with Crippen LogP contribution in [0.3, 0.4) is 0 Å². The Hall–Kier alpha value is -3.49. The van der Waals surface area contributed by atoms with Crippen LogP contribution in [-0.4, -0.2) is 15.0 Å². The van der Waals surface area contributed by atoms with Crippen LogP contribution in [0.5, 0.6) is 0 Å². The van der Waals surface area contributed by atoms with E-state index in [1.165, 1.54) is 0 Å². The Bertz CT molecular complexity index is 1380. The van der Waals surface area contributed by atoms with Gasteiger partial charge in [0, 0.05) is 10.9 Å².